The van der Waals surface area contributed by atoms with Crippen LogP contribution in [0.25, 0.3) is 11.3 Å². The number of hydrogen-bond donors (Lipinski definition) is 0. The molecular weight excluding hydrogens is 304 g/mol. The average Bonchev–Trinajstić information content (AvgIpc) is 2.92. The third kappa shape index (κ3) is 3.88. The third-order valence-corrected chi connectivity index (χ3v) is 3.69. The Balaban J connectivity index is 2.05. The molecule has 0 spiro atoms. The normalized spacial score (nSPS) is 11.2. The zero-order valence-electron chi connectivity index (χ0n) is 12.5. The number of nitro groups is 1. The molecule has 2 aromatic rings. The number of carbonyl (C=O) groups is 1. The summed E-state index contributed by atoms with van der Waals surface area (Å²) in [4.78, 5) is 26.3. The molecule has 0 aliphatic carbocycles. The van der Waals surface area contributed by atoms with Crippen molar-refractivity contribution in [3.63, 3.8) is 0 Å². The van der Waals surface area contributed by atoms with Gasteiger partial charge in [0.25, 0.3) is 5.69 Å². The summed E-state index contributed by atoms with van der Waals surface area (Å²) in [5.41, 5.74) is 0.994. The Labute approximate surface area is 131 Å². The van der Waals surface area contributed by atoms with E-state index >= 15 is 0 Å². The largest absolute Gasteiger partial charge is 0.458 e. The van der Waals surface area contributed by atoms with Gasteiger partial charge in [-0.1, -0.05) is 0 Å². The van der Waals surface area contributed by atoms with Gasteiger partial charge in [0.2, 0.25) is 0 Å². The molecule has 22 heavy (non-hydrogen) atoms. The Morgan fingerprint density at radius 3 is 2.50 bits per heavy atom. The number of non-ortho nitro benzene ring substituents is 1. The van der Waals surface area contributed by atoms with Gasteiger partial charge in [0.05, 0.1) is 16.0 Å². The Morgan fingerprint density at radius 2 is 1.95 bits per heavy atom. The van der Waals surface area contributed by atoms with E-state index in [1.165, 1.54) is 23.5 Å². The van der Waals surface area contributed by atoms with Gasteiger partial charge < -0.3 is 4.74 Å². The first-order valence-electron chi connectivity index (χ1n) is 6.64. The van der Waals surface area contributed by atoms with Gasteiger partial charge in [0.15, 0.2) is 0 Å². The predicted molar refractivity (Wildman–Crippen MR) is 83.5 cm³/mol. The lowest BCUT2D eigenvalue weighted by atomic mass is 9.97. The summed E-state index contributed by atoms with van der Waals surface area (Å²) in [6.45, 7) is 5.51. The van der Waals surface area contributed by atoms with Crippen LogP contribution in [0.3, 0.4) is 0 Å². The highest BCUT2D eigenvalue weighted by atomic mass is 32.1. The average molecular weight is 320 g/mol. The number of ether oxygens (including phenoxy) is 1. The SMILES string of the molecule is CC(C)(C)C(=O)OCc1nc(-c2ccc([N+](=O)[O-])cc2)cs1. The van der Waals surface area contributed by atoms with Crippen molar-refractivity contribution in [3.8, 4) is 11.3 Å². The fourth-order valence-electron chi connectivity index (χ4n) is 1.61. The minimum Gasteiger partial charge on any atom is -0.458 e. The van der Waals surface area contributed by atoms with Gasteiger partial charge in [0.1, 0.15) is 11.6 Å². The Hall–Kier alpha value is -2.28. The van der Waals surface area contributed by atoms with Crippen LogP contribution in [-0.2, 0) is 16.1 Å². The number of rotatable bonds is 4. The molecule has 0 amide bonds. The van der Waals surface area contributed by atoms with E-state index in [9.17, 15) is 14.9 Å². The number of hydrogen-bond acceptors (Lipinski definition) is 6. The molecule has 0 N–H and O–H groups in total. The molecular formula is C15H16N2O4S. The number of benzene rings is 1. The van der Waals surface area contributed by atoms with E-state index < -0.39 is 10.3 Å². The molecule has 116 valence electrons. The monoisotopic (exact) mass is 320 g/mol. The Bertz CT molecular complexity index is 686. The van der Waals surface area contributed by atoms with Crippen LogP contribution in [-0.4, -0.2) is 15.9 Å². The molecule has 0 fully saturated rings. The molecule has 7 heteroatoms. The molecule has 6 nitrogen and oxygen atoms in total. The summed E-state index contributed by atoms with van der Waals surface area (Å²) in [5, 5.41) is 13.1. The maximum absolute atomic E-state index is 11.7. The standard InChI is InChI=1S/C15H16N2O4S/c1-15(2,3)14(18)21-8-13-16-12(9-22-13)10-4-6-11(7-5-10)17(19)20/h4-7,9H,8H2,1-3H3. The highest BCUT2D eigenvalue weighted by Crippen LogP contribution is 2.25. The topological polar surface area (TPSA) is 82.3 Å². The molecule has 0 saturated carbocycles. The fourth-order valence-corrected chi connectivity index (χ4v) is 2.32. The quantitative estimate of drug-likeness (QED) is 0.486. The first kappa shape index (κ1) is 16.1. The summed E-state index contributed by atoms with van der Waals surface area (Å²) < 4.78 is 5.21. The van der Waals surface area contributed by atoms with Crippen LogP contribution in [0.4, 0.5) is 5.69 Å². The van der Waals surface area contributed by atoms with Crippen LogP contribution in [0.1, 0.15) is 25.8 Å². The van der Waals surface area contributed by atoms with Crippen LogP contribution >= 0.6 is 11.3 Å². The highest BCUT2D eigenvalue weighted by molar-refractivity contribution is 7.09. The van der Waals surface area contributed by atoms with Crippen molar-refractivity contribution in [1.29, 1.82) is 0 Å². The van der Waals surface area contributed by atoms with E-state index in [0.717, 1.165) is 5.56 Å². The lowest BCUT2D eigenvalue weighted by Gasteiger charge is -2.15. The highest BCUT2D eigenvalue weighted by Gasteiger charge is 2.23. The maximum atomic E-state index is 11.7. The Morgan fingerprint density at radius 1 is 1.32 bits per heavy atom. The summed E-state index contributed by atoms with van der Waals surface area (Å²) in [6, 6.07) is 6.18. The van der Waals surface area contributed by atoms with Gasteiger partial charge in [-0.25, -0.2) is 4.98 Å². The van der Waals surface area contributed by atoms with E-state index in [4.69, 9.17) is 4.74 Å². The number of carbonyl (C=O) groups excluding carboxylic acids is 1. The molecule has 0 saturated heterocycles. The maximum Gasteiger partial charge on any atom is 0.311 e. The second-order valence-electron chi connectivity index (χ2n) is 5.76. The van der Waals surface area contributed by atoms with Crippen molar-refractivity contribution in [1.82, 2.24) is 4.98 Å². The molecule has 0 radical (unpaired) electrons. The van der Waals surface area contributed by atoms with E-state index in [1.807, 2.05) is 5.38 Å². The molecule has 1 aromatic carbocycles. The van der Waals surface area contributed by atoms with Crippen molar-refractivity contribution < 1.29 is 14.5 Å². The van der Waals surface area contributed by atoms with Gasteiger partial charge in [-0.2, -0.15) is 0 Å². The van der Waals surface area contributed by atoms with Gasteiger partial charge in [-0.15, -0.1) is 11.3 Å². The Kier molecular flexibility index (Phi) is 4.56. The number of thiazole rings is 1. The minimum atomic E-state index is -0.543. The summed E-state index contributed by atoms with van der Waals surface area (Å²) >= 11 is 1.39. The number of aromatic nitrogens is 1. The van der Waals surface area contributed by atoms with Gasteiger partial charge >= 0.3 is 5.97 Å². The van der Waals surface area contributed by atoms with E-state index in [-0.39, 0.29) is 18.3 Å². The lowest BCUT2D eigenvalue weighted by molar-refractivity contribution is -0.384. The van der Waals surface area contributed by atoms with Crippen LogP contribution in [0.5, 0.6) is 0 Å². The van der Waals surface area contributed by atoms with Gasteiger partial charge in [-0.3, -0.25) is 14.9 Å². The van der Waals surface area contributed by atoms with E-state index in [0.29, 0.717) is 10.7 Å². The molecule has 0 unspecified atom stereocenters. The first-order chi connectivity index (χ1) is 10.3. The predicted octanol–water partition coefficient (Wildman–Crippen LogP) is 3.81. The van der Waals surface area contributed by atoms with Crippen molar-refractivity contribution >= 4 is 23.0 Å². The molecule has 0 aliphatic heterocycles. The smallest absolute Gasteiger partial charge is 0.311 e. The van der Waals surface area contributed by atoms with Crippen molar-refractivity contribution in [3.05, 3.63) is 44.8 Å². The zero-order valence-corrected chi connectivity index (χ0v) is 13.3. The van der Waals surface area contributed by atoms with Crippen molar-refractivity contribution in [2.45, 2.75) is 27.4 Å². The number of nitro benzene ring substituents is 1. The fraction of sp³-hybridized carbons (Fsp3) is 0.333. The minimum absolute atomic E-state index is 0.0401. The van der Waals surface area contributed by atoms with Gasteiger partial charge in [-0.05, 0) is 32.9 Å². The molecule has 0 bridgehead atoms. The number of nitrogens with zero attached hydrogens (tertiary/aromatic N) is 2. The second kappa shape index (κ2) is 6.23. The molecule has 1 heterocycles. The van der Waals surface area contributed by atoms with E-state index in [2.05, 4.69) is 4.98 Å². The van der Waals surface area contributed by atoms with Crippen LogP contribution in [0.15, 0.2) is 29.6 Å². The van der Waals surface area contributed by atoms with Crippen LogP contribution in [0.2, 0.25) is 0 Å². The van der Waals surface area contributed by atoms with Crippen molar-refractivity contribution in [2.24, 2.45) is 5.41 Å². The van der Waals surface area contributed by atoms with Crippen LogP contribution < -0.4 is 0 Å². The summed E-state index contributed by atoms with van der Waals surface area (Å²) in [5.74, 6) is -0.278. The zero-order chi connectivity index (χ0) is 16.3. The summed E-state index contributed by atoms with van der Waals surface area (Å²) in [7, 11) is 0. The van der Waals surface area contributed by atoms with Gasteiger partial charge in [0, 0.05) is 23.1 Å². The molecule has 2 rings (SSSR count). The second-order valence-corrected chi connectivity index (χ2v) is 6.70. The van der Waals surface area contributed by atoms with E-state index in [1.54, 1.807) is 32.9 Å². The molecule has 1 aromatic heterocycles. The lowest BCUT2D eigenvalue weighted by Crippen LogP contribution is -2.22. The van der Waals surface area contributed by atoms with Crippen molar-refractivity contribution in [2.75, 3.05) is 0 Å². The first-order valence-corrected chi connectivity index (χ1v) is 7.52. The number of esters is 1. The third-order valence-electron chi connectivity index (χ3n) is 2.86. The molecule has 0 aliphatic rings. The molecule has 0 atom stereocenters. The van der Waals surface area contributed by atoms with Crippen LogP contribution in [0, 0.1) is 15.5 Å². The summed E-state index contributed by atoms with van der Waals surface area (Å²) in [6.07, 6.45) is 0.